The molecule has 1 unspecified atom stereocenters. The van der Waals surface area contributed by atoms with Gasteiger partial charge in [-0.25, -0.2) is 0 Å². The molecular formula is C14H20ClN3O3. The summed E-state index contributed by atoms with van der Waals surface area (Å²) in [6, 6.07) is 5.92. The lowest BCUT2D eigenvalue weighted by molar-refractivity contribution is -0.119. The summed E-state index contributed by atoms with van der Waals surface area (Å²) in [5.74, 6) is -0.656. The lowest BCUT2D eigenvalue weighted by Crippen LogP contribution is -2.44. The highest BCUT2D eigenvalue weighted by molar-refractivity contribution is 5.98. The number of halogens is 1. The summed E-state index contributed by atoms with van der Waals surface area (Å²) in [6.07, 6.45) is 1.58. The standard InChI is InChI=1S/C14H19N3O3.ClH/c15-12(9-4-6-20-7-5-9)14(19)17-11-3-1-2-10(8-11)13(16)18;/h1-3,8-9,12H,4-7,15H2,(H2,16,18)(H,17,19);1H. The number of carbonyl (C=O) groups is 2. The number of hydrogen-bond acceptors (Lipinski definition) is 4. The number of hydrogen-bond donors (Lipinski definition) is 3. The van der Waals surface area contributed by atoms with E-state index in [4.69, 9.17) is 16.2 Å². The van der Waals surface area contributed by atoms with E-state index in [2.05, 4.69) is 5.32 Å². The quantitative estimate of drug-likeness (QED) is 0.767. The molecule has 1 heterocycles. The van der Waals surface area contributed by atoms with Crippen molar-refractivity contribution in [2.75, 3.05) is 18.5 Å². The van der Waals surface area contributed by atoms with Crippen LogP contribution < -0.4 is 16.8 Å². The Balaban J connectivity index is 0.00000220. The molecule has 0 saturated carbocycles. The van der Waals surface area contributed by atoms with Crippen LogP contribution in [0.4, 0.5) is 5.69 Å². The lowest BCUT2D eigenvalue weighted by Gasteiger charge is -2.26. The van der Waals surface area contributed by atoms with Gasteiger partial charge in [0.2, 0.25) is 11.8 Å². The SMILES string of the molecule is Cl.NC(=O)c1cccc(NC(=O)C(N)C2CCOCC2)c1. The number of nitrogens with one attached hydrogen (secondary N) is 1. The molecule has 0 spiro atoms. The minimum absolute atomic E-state index is 0. The van der Waals surface area contributed by atoms with Crippen LogP contribution in [0.15, 0.2) is 24.3 Å². The number of anilines is 1. The van der Waals surface area contributed by atoms with E-state index < -0.39 is 11.9 Å². The van der Waals surface area contributed by atoms with Crippen LogP contribution >= 0.6 is 12.4 Å². The minimum atomic E-state index is -0.573. The predicted octanol–water partition coefficient (Wildman–Crippen LogP) is 0.900. The van der Waals surface area contributed by atoms with Gasteiger partial charge < -0.3 is 21.5 Å². The second-order valence-corrected chi connectivity index (χ2v) is 4.91. The maximum absolute atomic E-state index is 12.1. The molecule has 21 heavy (non-hydrogen) atoms. The van der Waals surface area contributed by atoms with E-state index in [-0.39, 0.29) is 24.2 Å². The molecule has 0 radical (unpaired) electrons. The molecule has 116 valence electrons. The Morgan fingerprint density at radius 3 is 2.57 bits per heavy atom. The van der Waals surface area contributed by atoms with Gasteiger partial charge in [-0.3, -0.25) is 9.59 Å². The normalized spacial score (nSPS) is 16.6. The van der Waals surface area contributed by atoms with Crippen LogP contribution in [0.3, 0.4) is 0 Å². The highest BCUT2D eigenvalue weighted by atomic mass is 35.5. The van der Waals surface area contributed by atoms with Crippen LogP contribution in [-0.4, -0.2) is 31.1 Å². The fourth-order valence-corrected chi connectivity index (χ4v) is 2.26. The maximum atomic E-state index is 12.1. The van der Waals surface area contributed by atoms with Crippen molar-refractivity contribution in [3.63, 3.8) is 0 Å². The van der Waals surface area contributed by atoms with Crippen LogP contribution in [0.25, 0.3) is 0 Å². The Bertz CT molecular complexity index is 504. The van der Waals surface area contributed by atoms with Crippen molar-refractivity contribution in [1.29, 1.82) is 0 Å². The Hall–Kier alpha value is -1.63. The molecule has 2 rings (SSSR count). The fraction of sp³-hybridized carbons (Fsp3) is 0.429. The molecular weight excluding hydrogens is 294 g/mol. The fourth-order valence-electron chi connectivity index (χ4n) is 2.26. The van der Waals surface area contributed by atoms with E-state index in [1.807, 2.05) is 0 Å². The van der Waals surface area contributed by atoms with Gasteiger partial charge in [0.1, 0.15) is 0 Å². The molecule has 0 aromatic heterocycles. The third-order valence-corrected chi connectivity index (χ3v) is 3.49. The van der Waals surface area contributed by atoms with Crippen molar-refractivity contribution in [2.45, 2.75) is 18.9 Å². The average molecular weight is 314 g/mol. The molecule has 1 saturated heterocycles. The Kier molecular flexibility index (Phi) is 6.61. The van der Waals surface area contributed by atoms with Gasteiger partial charge in [0.25, 0.3) is 0 Å². The molecule has 0 bridgehead atoms. The Labute approximate surface area is 129 Å². The molecule has 1 aliphatic heterocycles. The number of nitrogens with two attached hydrogens (primary N) is 2. The van der Waals surface area contributed by atoms with Crippen molar-refractivity contribution in [2.24, 2.45) is 17.4 Å². The van der Waals surface area contributed by atoms with E-state index in [9.17, 15) is 9.59 Å². The second kappa shape index (κ2) is 7.97. The first-order valence-corrected chi connectivity index (χ1v) is 6.62. The molecule has 1 aromatic rings. The van der Waals surface area contributed by atoms with Gasteiger partial charge in [0, 0.05) is 24.5 Å². The molecule has 7 heteroatoms. The van der Waals surface area contributed by atoms with Gasteiger partial charge in [0.15, 0.2) is 0 Å². The van der Waals surface area contributed by atoms with Gasteiger partial charge in [0.05, 0.1) is 6.04 Å². The highest BCUT2D eigenvalue weighted by Gasteiger charge is 2.26. The van der Waals surface area contributed by atoms with Crippen LogP contribution in [-0.2, 0) is 9.53 Å². The maximum Gasteiger partial charge on any atom is 0.248 e. The number of amides is 2. The van der Waals surface area contributed by atoms with Crippen molar-refractivity contribution in [1.82, 2.24) is 0 Å². The van der Waals surface area contributed by atoms with Crippen LogP contribution in [0.2, 0.25) is 0 Å². The first kappa shape index (κ1) is 17.4. The molecule has 1 atom stereocenters. The molecule has 1 fully saturated rings. The molecule has 1 aliphatic rings. The van der Waals surface area contributed by atoms with E-state index in [0.29, 0.717) is 24.5 Å². The van der Waals surface area contributed by atoms with Crippen molar-refractivity contribution < 1.29 is 14.3 Å². The van der Waals surface area contributed by atoms with Crippen molar-refractivity contribution in [3.8, 4) is 0 Å². The number of carbonyl (C=O) groups excluding carboxylic acids is 2. The molecule has 5 N–H and O–H groups in total. The largest absolute Gasteiger partial charge is 0.381 e. The van der Waals surface area contributed by atoms with Gasteiger partial charge >= 0.3 is 0 Å². The number of benzene rings is 1. The summed E-state index contributed by atoms with van der Waals surface area (Å²) in [6.45, 7) is 1.28. The number of ether oxygens (including phenoxy) is 1. The summed E-state index contributed by atoms with van der Waals surface area (Å²) in [7, 11) is 0. The van der Waals surface area contributed by atoms with Crippen LogP contribution in [0, 0.1) is 5.92 Å². The lowest BCUT2D eigenvalue weighted by atomic mass is 9.92. The zero-order valence-electron chi connectivity index (χ0n) is 11.6. The van der Waals surface area contributed by atoms with Gasteiger partial charge in [-0.1, -0.05) is 6.07 Å². The molecule has 2 amide bonds. The average Bonchev–Trinajstić information content (AvgIpc) is 2.47. The first-order valence-electron chi connectivity index (χ1n) is 6.62. The number of primary amides is 1. The van der Waals surface area contributed by atoms with Crippen molar-refractivity contribution >= 4 is 29.9 Å². The van der Waals surface area contributed by atoms with Gasteiger partial charge in [-0.15, -0.1) is 12.4 Å². The van der Waals surface area contributed by atoms with E-state index in [1.54, 1.807) is 18.2 Å². The zero-order valence-corrected chi connectivity index (χ0v) is 12.4. The topological polar surface area (TPSA) is 107 Å². The number of rotatable bonds is 4. The Morgan fingerprint density at radius 1 is 1.29 bits per heavy atom. The molecule has 1 aromatic carbocycles. The summed E-state index contributed by atoms with van der Waals surface area (Å²) >= 11 is 0. The summed E-state index contributed by atoms with van der Waals surface area (Å²) in [4.78, 5) is 23.2. The van der Waals surface area contributed by atoms with Crippen LogP contribution in [0.5, 0.6) is 0 Å². The summed E-state index contributed by atoms with van der Waals surface area (Å²) < 4.78 is 5.25. The van der Waals surface area contributed by atoms with Crippen molar-refractivity contribution in [3.05, 3.63) is 29.8 Å². The monoisotopic (exact) mass is 313 g/mol. The van der Waals surface area contributed by atoms with E-state index in [0.717, 1.165) is 12.8 Å². The smallest absolute Gasteiger partial charge is 0.248 e. The zero-order chi connectivity index (χ0) is 14.5. The van der Waals surface area contributed by atoms with Gasteiger partial charge in [-0.2, -0.15) is 0 Å². The van der Waals surface area contributed by atoms with Crippen LogP contribution in [0.1, 0.15) is 23.2 Å². The summed E-state index contributed by atoms with van der Waals surface area (Å²) in [5, 5.41) is 2.72. The predicted molar refractivity (Wildman–Crippen MR) is 82.4 cm³/mol. The molecule has 6 nitrogen and oxygen atoms in total. The van der Waals surface area contributed by atoms with E-state index >= 15 is 0 Å². The summed E-state index contributed by atoms with van der Waals surface area (Å²) in [5.41, 5.74) is 12.0. The third-order valence-electron chi connectivity index (χ3n) is 3.49. The molecule has 0 aliphatic carbocycles. The Morgan fingerprint density at radius 2 is 1.95 bits per heavy atom. The van der Waals surface area contributed by atoms with E-state index in [1.165, 1.54) is 6.07 Å². The second-order valence-electron chi connectivity index (χ2n) is 4.91. The first-order chi connectivity index (χ1) is 9.58. The minimum Gasteiger partial charge on any atom is -0.381 e. The highest BCUT2D eigenvalue weighted by Crippen LogP contribution is 2.19. The third kappa shape index (κ3) is 4.70. The van der Waals surface area contributed by atoms with Gasteiger partial charge in [-0.05, 0) is 37.0 Å².